The number of fused-ring (bicyclic) bond motifs is 1. The first-order chi connectivity index (χ1) is 14.0. The van der Waals surface area contributed by atoms with E-state index >= 15 is 0 Å². The van der Waals surface area contributed by atoms with Crippen molar-refractivity contribution in [1.29, 1.82) is 0 Å². The lowest BCUT2D eigenvalue weighted by atomic mass is 9.92. The largest absolute Gasteiger partial charge is 0.299 e. The van der Waals surface area contributed by atoms with Crippen LogP contribution in [-0.2, 0) is 12.0 Å². The monoisotopic (exact) mass is 391 g/mol. The third-order valence-corrected chi connectivity index (χ3v) is 6.08. The van der Waals surface area contributed by atoms with Gasteiger partial charge in [-0.05, 0) is 50.9 Å². The highest BCUT2D eigenvalue weighted by molar-refractivity contribution is 5.37. The molecule has 29 heavy (non-hydrogen) atoms. The molecule has 2 aliphatic rings. The summed E-state index contributed by atoms with van der Waals surface area (Å²) >= 11 is 0. The third kappa shape index (κ3) is 3.88. The van der Waals surface area contributed by atoms with Gasteiger partial charge in [-0.25, -0.2) is 9.97 Å². The molecule has 0 bridgehead atoms. The van der Waals surface area contributed by atoms with Gasteiger partial charge >= 0.3 is 0 Å². The molecule has 0 radical (unpaired) electrons. The normalized spacial score (nSPS) is 19.1. The van der Waals surface area contributed by atoms with Crippen molar-refractivity contribution in [3.63, 3.8) is 0 Å². The summed E-state index contributed by atoms with van der Waals surface area (Å²) in [6.45, 7) is 9.57. The lowest BCUT2D eigenvalue weighted by Crippen LogP contribution is -2.33. The van der Waals surface area contributed by atoms with Crippen LogP contribution in [0.3, 0.4) is 0 Å². The minimum Gasteiger partial charge on any atom is -0.299 e. The number of piperidine rings is 1. The van der Waals surface area contributed by atoms with Gasteiger partial charge in [0.25, 0.3) is 0 Å². The number of rotatable bonds is 4. The molecule has 1 saturated carbocycles. The van der Waals surface area contributed by atoms with E-state index in [-0.39, 0.29) is 5.41 Å². The van der Waals surface area contributed by atoms with Crippen molar-refractivity contribution < 1.29 is 0 Å². The zero-order chi connectivity index (χ0) is 20.0. The molecule has 0 spiro atoms. The van der Waals surface area contributed by atoms with Crippen LogP contribution in [0.5, 0.6) is 0 Å². The topological polar surface area (TPSA) is 72.1 Å². The summed E-state index contributed by atoms with van der Waals surface area (Å²) in [5, 5.41) is 13.7. The number of aromatic nitrogens is 6. The number of hydrogen-bond acceptors (Lipinski definition) is 6. The highest BCUT2D eigenvalue weighted by atomic mass is 15.4. The number of likely N-dealkylation sites (tertiary alicyclic amines) is 1. The Morgan fingerprint density at radius 2 is 1.66 bits per heavy atom. The van der Waals surface area contributed by atoms with Gasteiger partial charge in [0, 0.05) is 41.8 Å². The standard InChI is InChI=1S/C22H29N7/c1-22(2,3)18-6-7-19-25-26-21(29(19)27-18)17-8-10-28(11-9-17)14-15-12-23-20(24-13-15)16-4-5-16/h6-7,12-13,16-17H,4-5,8-11,14H2,1-3H3. The molecule has 0 unspecified atom stereocenters. The number of hydrogen-bond donors (Lipinski definition) is 0. The van der Waals surface area contributed by atoms with Gasteiger partial charge in [0.1, 0.15) is 5.82 Å². The fourth-order valence-corrected chi connectivity index (χ4v) is 4.07. The van der Waals surface area contributed by atoms with E-state index in [1.807, 2.05) is 23.0 Å². The first-order valence-electron chi connectivity index (χ1n) is 10.7. The summed E-state index contributed by atoms with van der Waals surface area (Å²) < 4.78 is 1.96. The van der Waals surface area contributed by atoms with Crippen LogP contribution in [0.4, 0.5) is 0 Å². The Balaban J connectivity index is 1.25. The molecule has 3 aromatic rings. The molecule has 0 atom stereocenters. The first kappa shape index (κ1) is 18.6. The van der Waals surface area contributed by atoms with Crippen LogP contribution in [0.25, 0.3) is 5.65 Å². The van der Waals surface area contributed by atoms with Gasteiger partial charge < -0.3 is 0 Å². The van der Waals surface area contributed by atoms with E-state index in [2.05, 4.69) is 51.9 Å². The van der Waals surface area contributed by atoms with Crippen LogP contribution in [0, 0.1) is 0 Å². The SMILES string of the molecule is CC(C)(C)c1ccc2nnc(C3CCN(Cc4cnc(C5CC5)nc4)CC3)n2n1. The second-order valence-corrected chi connectivity index (χ2v) is 9.57. The zero-order valence-corrected chi connectivity index (χ0v) is 17.5. The summed E-state index contributed by atoms with van der Waals surface area (Å²) in [7, 11) is 0. The molecule has 2 fully saturated rings. The molecular formula is C22H29N7. The average molecular weight is 392 g/mol. The van der Waals surface area contributed by atoms with Gasteiger partial charge in [0.05, 0.1) is 5.69 Å². The fraction of sp³-hybridized carbons (Fsp3) is 0.591. The van der Waals surface area contributed by atoms with Gasteiger partial charge in [0.2, 0.25) is 0 Å². The van der Waals surface area contributed by atoms with Gasteiger partial charge in [-0.2, -0.15) is 9.61 Å². The Kier molecular flexibility index (Phi) is 4.57. The summed E-state index contributed by atoms with van der Waals surface area (Å²) in [5.41, 5.74) is 3.12. The summed E-state index contributed by atoms with van der Waals surface area (Å²) in [6, 6.07) is 4.09. The maximum Gasteiger partial charge on any atom is 0.177 e. The van der Waals surface area contributed by atoms with Gasteiger partial charge in [-0.1, -0.05) is 20.8 Å². The molecule has 0 aromatic carbocycles. The second kappa shape index (κ2) is 7.13. The molecule has 1 aliphatic heterocycles. The van der Waals surface area contributed by atoms with E-state index in [1.165, 1.54) is 18.4 Å². The van der Waals surface area contributed by atoms with Crippen LogP contribution in [0.1, 0.15) is 81.2 Å². The molecule has 152 valence electrons. The highest BCUT2D eigenvalue weighted by Crippen LogP contribution is 2.37. The van der Waals surface area contributed by atoms with E-state index in [4.69, 9.17) is 5.10 Å². The van der Waals surface area contributed by atoms with Crippen molar-refractivity contribution in [2.45, 2.75) is 70.3 Å². The lowest BCUT2D eigenvalue weighted by molar-refractivity contribution is 0.200. The first-order valence-corrected chi connectivity index (χ1v) is 10.7. The van der Waals surface area contributed by atoms with Crippen LogP contribution in [0.15, 0.2) is 24.5 Å². The van der Waals surface area contributed by atoms with Crippen molar-refractivity contribution >= 4 is 5.65 Å². The van der Waals surface area contributed by atoms with Gasteiger partial charge in [0.15, 0.2) is 11.5 Å². The Labute approximate surface area is 171 Å². The summed E-state index contributed by atoms with van der Waals surface area (Å²) in [4.78, 5) is 11.6. The molecule has 0 N–H and O–H groups in total. The van der Waals surface area contributed by atoms with Crippen molar-refractivity contribution in [3.05, 3.63) is 47.4 Å². The Bertz CT molecular complexity index is 990. The van der Waals surface area contributed by atoms with Crippen molar-refractivity contribution in [2.24, 2.45) is 0 Å². The van der Waals surface area contributed by atoms with E-state index in [0.29, 0.717) is 11.8 Å². The lowest BCUT2D eigenvalue weighted by Gasteiger charge is -2.31. The second-order valence-electron chi connectivity index (χ2n) is 9.57. The van der Waals surface area contributed by atoms with E-state index in [1.54, 1.807) is 0 Å². The molecule has 3 aromatic heterocycles. The van der Waals surface area contributed by atoms with Crippen LogP contribution in [-0.4, -0.2) is 47.8 Å². The molecule has 7 heteroatoms. The fourth-order valence-electron chi connectivity index (χ4n) is 4.07. The predicted octanol–water partition coefficient (Wildman–Crippen LogP) is 3.47. The molecule has 0 amide bonds. The summed E-state index contributed by atoms with van der Waals surface area (Å²) in [6.07, 6.45) is 8.66. The van der Waals surface area contributed by atoms with Gasteiger partial charge in [-0.3, -0.25) is 4.90 Å². The maximum atomic E-state index is 4.86. The molecule has 1 aliphatic carbocycles. The van der Waals surface area contributed by atoms with E-state index in [9.17, 15) is 0 Å². The quantitative estimate of drug-likeness (QED) is 0.678. The highest BCUT2D eigenvalue weighted by Gasteiger charge is 2.28. The summed E-state index contributed by atoms with van der Waals surface area (Å²) in [5.74, 6) is 3.04. The van der Waals surface area contributed by atoms with Crippen LogP contribution >= 0.6 is 0 Å². The predicted molar refractivity (Wildman–Crippen MR) is 111 cm³/mol. The molecule has 5 rings (SSSR count). The smallest absolute Gasteiger partial charge is 0.177 e. The maximum absolute atomic E-state index is 4.86. The zero-order valence-electron chi connectivity index (χ0n) is 17.5. The molecular weight excluding hydrogens is 362 g/mol. The molecule has 1 saturated heterocycles. The number of nitrogens with zero attached hydrogens (tertiary/aromatic N) is 7. The van der Waals surface area contributed by atoms with Crippen molar-refractivity contribution in [2.75, 3.05) is 13.1 Å². The van der Waals surface area contributed by atoms with Gasteiger partial charge in [-0.15, -0.1) is 10.2 Å². The van der Waals surface area contributed by atoms with E-state index in [0.717, 1.165) is 55.5 Å². The molecule has 7 nitrogen and oxygen atoms in total. The van der Waals surface area contributed by atoms with Crippen molar-refractivity contribution in [3.8, 4) is 0 Å². The average Bonchev–Trinajstić information content (AvgIpc) is 3.47. The Morgan fingerprint density at radius 3 is 2.31 bits per heavy atom. The van der Waals surface area contributed by atoms with E-state index < -0.39 is 0 Å². The van der Waals surface area contributed by atoms with Crippen molar-refractivity contribution in [1.82, 2.24) is 34.7 Å². The Hall–Kier alpha value is -2.41. The molecule has 4 heterocycles. The third-order valence-electron chi connectivity index (χ3n) is 6.08. The Morgan fingerprint density at radius 1 is 0.931 bits per heavy atom. The van der Waals surface area contributed by atoms with Crippen LogP contribution < -0.4 is 0 Å². The minimum absolute atomic E-state index is 0.0101. The minimum atomic E-state index is 0.0101. The van der Waals surface area contributed by atoms with Crippen LogP contribution in [0.2, 0.25) is 0 Å².